The molecular weight excluding hydrogens is 314 g/mol. The quantitative estimate of drug-likeness (QED) is 0.832. The molecule has 1 unspecified atom stereocenters. The Hall–Kier alpha value is -1.59. The topological polar surface area (TPSA) is 55.8 Å². The molecule has 25 heavy (non-hydrogen) atoms. The highest BCUT2D eigenvalue weighted by molar-refractivity contribution is 5.74. The van der Waals surface area contributed by atoms with Gasteiger partial charge in [-0.05, 0) is 31.2 Å². The molecule has 2 N–H and O–H groups in total. The van der Waals surface area contributed by atoms with Crippen LogP contribution >= 0.6 is 0 Å². The normalized spacial score (nSPS) is 20.4. The lowest BCUT2D eigenvalue weighted by Gasteiger charge is -2.40. The van der Waals surface area contributed by atoms with Crippen molar-refractivity contribution in [2.75, 3.05) is 26.2 Å². The molecule has 1 aliphatic heterocycles. The minimum Gasteiger partial charge on any atom is -0.393 e. The highest BCUT2D eigenvalue weighted by Crippen LogP contribution is 2.21. The Morgan fingerprint density at radius 1 is 1.32 bits per heavy atom. The number of aliphatic hydroxyl groups is 1. The minimum absolute atomic E-state index is 0.00512. The van der Waals surface area contributed by atoms with Crippen molar-refractivity contribution < 1.29 is 9.90 Å². The van der Waals surface area contributed by atoms with E-state index in [0.717, 1.165) is 26.2 Å². The molecule has 1 heterocycles. The van der Waals surface area contributed by atoms with Crippen LogP contribution in [0.2, 0.25) is 0 Å². The molecule has 0 aliphatic carbocycles. The third-order valence-electron chi connectivity index (χ3n) is 4.79. The van der Waals surface area contributed by atoms with E-state index in [1.54, 1.807) is 6.92 Å². The zero-order valence-electron chi connectivity index (χ0n) is 16.0. The maximum absolute atomic E-state index is 12.5. The number of carbonyl (C=O) groups excluding carboxylic acids is 1. The van der Waals surface area contributed by atoms with Gasteiger partial charge in [-0.3, -0.25) is 4.90 Å². The Morgan fingerprint density at radius 3 is 2.60 bits per heavy atom. The van der Waals surface area contributed by atoms with Crippen LogP contribution in [0.1, 0.15) is 39.7 Å². The number of benzene rings is 1. The number of rotatable bonds is 6. The number of amides is 2. The van der Waals surface area contributed by atoms with E-state index in [2.05, 4.69) is 55.3 Å². The van der Waals surface area contributed by atoms with Crippen molar-refractivity contribution in [3.8, 4) is 0 Å². The molecule has 1 aromatic rings. The summed E-state index contributed by atoms with van der Waals surface area (Å²) in [6.07, 6.45) is 0.320. The molecule has 5 nitrogen and oxygen atoms in total. The fourth-order valence-corrected chi connectivity index (χ4v) is 3.61. The first-order chi connectivity index (χ1) is 11.8. The fourth-order valence-electron chi connectivity index (χ4n) is 3.61. The molecule has 1 aromatic carbocycles. The van der Waals surface area contributed by atoms with Crippen molar-refractivity contribution in [2.45, 2.75) is 52.8 Å². The van der Waals surface area contributed by atoms with Gasteiger partial charge in [0, 0.05) is 38.8 Å². The SMILES string of the molecule is CC(O)CC(C)(C)CNC(=O)N1CCN(Cc2ccccc2)C[C@H]1C. The lowest BCUT2D eigenvalue weighted by atomic mass is 9.87. The molecule has 1 fully saturated rings. The van der Waals surface area contributed by atoms with E-state index < -0.39 is 0 Å². The average Bonchev–Trinajstić information content (AvgIpc) is 2.53. The van der Waals surface area contributed by atoms with Crippen LogP contribution in [-0.2, 0) is 6.54 Å². The maximum atomic E-state index is 12.5. The second-order valence-electron chi connectivity index (χ2n) is 8.14. The van der Waals surface area contributed by atoms with E-state index in [1.807, 2.05) is 11.0 Å². The standard InChI is InChI=1S/C20H33N3O2/c1-16-13-22(14-18-8-6-5-7-9-18)10-11-23(16)19(25)21-15-20(3,4)12-17(2)24/h5-9,16-17,24H,10-15H2,1-4H3,(H,21,25)/t16-,17?/m1/s1. The monoisotopic (exact) mass is 347 g/mol. The number of hydrogen-bond donors (Lipinski definition) is 2. The Kier molecular flexibility index (Phi) is 6.85. The van der Waals surface area contributed by atoms with Crippen LogP contribution in [0, 0.1) is 5.41 Å². The van der Waals surface area contributed by atoms with Crippen molar-refractivity contribution in [3.63, 3.8) is 0 Å². The van der Waals surface area contributed by atoms with Gasteiger partial charge in [-0.15, -0.1) is 0 Å². The van der Waals surface area contributed by atoms with E-state index in [1.165, 1.54) is 5.56 Å². The summed E-state index contributed by atoms with van der Waals surface area (Å²) in [6, 6.07) is 10.7. The maximum Gasteiger partial charge on any atom is 0.317 e. The molecule has 1 saturated heterocycles. The number of piperazine rings is 1. The van der Waals surface area contributed by atoms with E-state index >= 15 is 0 Å². The molecule has 0 spiro atoms. The van der Waals surface area contributed by atoms with Crippen LogP contribution in [0.25, 0.3) is 0 Å². The van der Waals surface area contributed by atoms with Crippen molar-refractivity contribution in [1.29, 1.82) is 0 Å². The second kappa shape index (κ2) is 8.68. The molecule has 0 saturated carbocycles. The van der Waals surface area contributed by atoms with Gasteiger partial charge < -0.3 is 15.3 Å². The fraction of sp³-hybridized carbons (Fsp3) is 0.650. The van der Waals surface area contributed by atoms with Crippen molar-refractivity contribution in [3.05, 3.63) is 35.9 Å². The van der Waals surface area contributed by atoms with Gasteiger partial charge in [0.25, 0.3) is 0 Å². The molecular formula is C20H33N3O2. The second-order valence-corrected chi connectivity index (χ2v) is 8.14. The highest BCUT2D eigenvalue weighted by Gasteiger charge is 2.29. The molecule has 2 atom stereocenters. The highest BCUT2D eigenvalue weighted by atomic mass is 16.3. The van der Waals surface area contributed by atoms with Gasteiger partial charge in [-0.1, -0.05) is 44.2 Å². The van der Waals surface area contributed by atoms with Crippen LogP contribution < -0.4 is 5.32 Å². The van der Waals surface area contributed by atoms with E-state index in [-0.39, 0.29) is 23.6 Å². The van der Waals surface area contributed by atoms with Gasteiger partial charge in [-0.2, -0.15) is 0 Å². The van der Waals surface area contributed by atoms with E-state index in [9.17, 15) is 9.90 Å². The van der Waals surface area contributed by atoms with Crippen LogP contribution in [-0.4, -0.2) is 59.3 Å². The molecule has 0 aromatic heterocycles. The number of nitrogens with one attached hydrogen (secondary N) is 1. The Bertz CT molecular complexity index is 545. The van der Waals surface area contributed by atoms with Gasteiger partial charge in [-0.25, -0.2) is 4.79 Å². The third kappa shape index (κ3) is 6.33. The first-order valence-electron chi connectivity index (χ1n) is 9.26. The number of nitrogens with zero attached hydrogens (tertiary/aromatic N) is 2. The number of aliphatic hydroxyl groups excluding tert-OH is 1. The number of hydrogen-bond acceptors (Lipinski definition) is 3. The number of urea groups is 1. The van der Waals surface area contributed by atoms with Gasteiger partial charge >= 0.3 is 6.03 Å². The molecule has 2 amide bonds. The summed E-state index contributed by atoms with van der Waals surface area (Å²) >= 11 is 0. The van der Waals surface area contributed by atoms with Gasteiger partial charge in [0.2, 0.25) is 0 Å². The van der Waals surface area contributed by atoms with Crippen LogP contribution in [0.3, 0.4) is 0 Å². The van der Waals surface area contributed by atoms with Gasteiger partial charge in [0.1, 0.15) is 0 Å². The van der Waals surface area contributed by atoms with Crippen LogP contribution in [0.5, 0.6) is 0 Å². The summed E-state index contributed by atoms with van der Waals surface area (Å²) in [5.74, 6) is 0. The summed E-state index contributed by atoms with van der Waals surface area (Å²) in [4.78, 5) is 16.9. The summed E-state index contributed by atoms with van der Waals surface area (Å²) in [7, 11) is 0. The van der Waals surface area contributed by atoms with Crippen LogP contribution in [0.4, 0.5) is 4.79 Å². The zero-order chi connectivity index (χ0) is 18.4. The van der Waals surface area contributed by atoms with Crippen molar-refractivity contribution in [1.82, 2.24) is 15.1 Å². The first kappa shape index (κ1) is 19.7. The zero-order valence-corrected chi connectivity index (χ0v) is 16.0. The minimum atomic E-state index is -0.354. The lowest BCUT2D eigenvalue weighted by Crippen LogP contribution is -2.57. The summed E-state index contributed by atoms with van der Waals surface area (Å²) in [5, 5.41) is 12.6. The number of carbonyl (C=O) groups is 1. The first-order valence-corrected chi connectivity index (χ1v) is 9.26. The van der Waals surface area contributed by atoms with Crippen molar-refractivity contribution >= 4 is 6.03 Å². The largest absolute Gasteiger partial charge is 0.393 e. The van der Waals surface area contributed by atoms with E-state index in [4.69, 9.17) is 0 Å². The Labute approximate surface area is 152 Å². The predicted octanol–water partition coefficient (Wildman–Crippen LogP) is 2.70. The van der Waals surface area contributed by atoms with Gasteiger partial charge in [0.05, 0.1) is 6.10 Å². The molecule has 2 rings (SSSR count). The smallest absolute Gasteiger partial charge is 0.317 e. The third-order valence-corrected chi connectivity index (χ3v) is 4.79. The molecule has 0 radical (unpaired) electrons. The Balaban J connectivity index is 1.81. The van der Waals surface area contributed by atoms with Crippen molar-refractivity contribution in [2.24, 2.45) is 5.41 Å². The average molecular weight is 348 g/mol. The predicted molar refractivity (Wildman–Crippen MR) is 101 cm³/mol. The Morgan fingerprint density at radius 2 is 2.00 bits per heavy atom. The lowest BCUT2D eigenvalue weighted by molar-refractivity contribution is 0.0925. The van der Waals surface area contributed by atoms with Gasteiger partial charge in [0.15, 0.2) is 0 Å². The van der Waals surface area contributed by atoms with Crippen LogP contribution in [0.15, 0.2) is 30.3 Å². The molecule has 0 bridgehead atoms. The summed E-state index contributed by atoms with van der Waals surface area (Å²) in [5.41, 5.74) is 1.20. The van der Waals surface area contributed by atoms with E-state index in [0.29, 0.717) is 13.0 Å². The molecule has 1 aliphatic rings. The summed E-state index contributed by atoms with van der Waals surface area (Å²) in [6.45, 7) is 12.1. The molecule has 5 heteroatoms. The molecule has 140 valence electrons. The summed E-state index contributed by atoms with van der Waals surface area (Å²) < 4.78 is 0.